The van der Waals surface area contributed by atoms with E-state index in [2.05, 4.69) is 25.4 Å². The van der Waals surface area contributed by atoms with Crippen molar-refractivity contribution in [3.05, 3.63) is 28.8 Å². The number of anilines is 1. The van der Waals surface area contributed by atoms with Crippen molar-refractivity contribution in [2.24, 2.45) is 16.7 Å². The third-order valence-electron chi connectivity index (χ3n) is 9.53. The van der Waals surface area contributed by atoms with Crippen LogP contribution in [0.15, 0.2) is 24.0 Å². The molecule has 1 aliphatic carbocycles. The second-order valence-electron chi connectivity index (χ2n) is 12.9. The van der Waals surface area contributed by atoms with E-state index in [0.29, 0.717) is 50.4 Å². The van der Waals surface area contributed by atoms with E-state index < -0.39 is 29.1 Å². The maximum Gasteiger partial charge on any atom is 0.265 e. The first-order valence-electron chi connectivity index (χ1n) is 14.3. The number of likely N-dealkylation sites (tertiary alicyclic amines) is 1. The van der Waals surface area contributed by atoms with Crippen LogP contribution in [0.4, 0.5) is 5.82 Å². The molecule has 218 valence electrons. The van der Waals surface area contributed by atoms with Crippen molar-refractivity contribution in [3.63, 3.8) is 0 Å². The van der Waals surface area contributed by atoms with Crippen molar-refractivity contribution < 1.29 is 24.2 Å². The fourth-order valence-corrected chi connectivity index (χ4v) is 7.70. The van der Waals surface area contributed by atoms with Crippen LogP contribution < -0.4 is 10.2 Å². The molecule has 12 heteroatoms. The lowest BCUT2D eigenvalue weighted by Gasteiger charge is -2.51. The highest BCUT2D eigenvalue weighted by Crippen LogP contribution is 2.46. The zero-order valence-electron chi connectivity index (χ0n) is 23.5. The fourth-order valence-electron chi connectivity index (χ4n) is 7.11. The van der Waals surface area contributed by atoms with E-state index in [1.54, 1.807) is 36.7 Å². The van der Waals surface area contributed by atoms with Gasteiger partial charge >= 0.3 is 0 Å². The summed E-state index contributed by atoms with van der Waals surface area (Å²) in [6, 6.07) is 1.29. The summed E-state index contributed by atoms with van der Waals surface area (Å²) in [4.78, 5) is 35.8. The van der Waals surface area contributed by atoms with E-state index in [0.717, 1.165) is 31.5 Å². The average molecular weight is 573 g/mol. The highest BCUT2D eigenvalue weighted by Gasteiger charge is 2.58. The number of nitrogens with zero attached hydrogens (tertiary/aromatic N) is 4. The van der Waals surface area contributed by atoms with E-state index in [4.69, 9.17) is 9.47 Å². The first-order valence-corrected chi connectivity index (χ1v) is 15.1. The maximum atomic E-state index is 14.0. The van der Waals surface area contributed by atoms with E-state index in [1.807, 2.05) is 13.0 Å². The number of aromatic nitrogens is 3. The van der Waals surface area contributed by atoms with Gasteiger partial charge in [0, 0.05) is 43.1 Å². The molecule has 2 amide bonds. The van der Waals surface area contributed by atoms with E-state index >= 15 is 0 Å². The molecule has 5 aliphatic rings. The largest absolute Gasteiger partial charge is 0.388 e. The molecule has 5 fully saturated rings. The van der Waals surface area contributed by atoms with Crippen LogP contribution in [0.1, 0.15) is 56.1 Å². The van der Waals surface area contributed by atoms with E-state index in [1.165, 1.54) is 11.3 Å². The number of H-pyrrole nitrogens is 1. The molecule has 0 radical (unpaired) electrons. The van der Waals surface area contributed by atoms with Crippen molar-refractivity contribution in [3.8, 4) is 0 Å². The monoisotopic (exact) mass is 572 g/mol. The third kappa shape index (κ3) is 5.15. The number of aliphatic hydroxyl groups is 1. The molecule has 1 saturated carbocycles. The number of carbonyl (C=O) groups is 2. The zero-order valence-corrected chi connectivity index (χ0v) is 24.3. The molecule has 3 N–H and O–H groups in total. The van der Waals surface area contributed by atoms with Crippen LogP contribution in [-0.4, -0.2) is 100 Å². The highest BCUT2D eigenvalue weighted by atomic mass is 32.1. The summed E-state index contributed by atoms with van der Waals surface area (Å²) >= 11 is 1.31. The summed E-state index contributed by atoms with van der Waals surface area (Å²) in [5.74, 6) is 0.206. The van der Waals surface area contributed by atoms with Crippen LogP contribution in [0, 0.1) is 16.7 Å². The number of ether oxygens (including phenoxy) is 2. The van der Waals surface area contributed by atoms with Gasteiger partial charge in [-0.25, -0.2) is 0 Å². The van der Waals surface area contributed by atoms with Crippen molar-refractivity contribution in [2.45, 2.75) is 70.3 Å². The van der Waals surface area contributed by atoms with Gasteiger partial charge < -0.3 is 29.7 Å². The Morgan fingerprint density at radius 2 is 2.10 bits per heavy atom. The molecule has 7 rings (SSSR count). The van der Waals surface area contributed by atoms with Crippen LogP contribution in [0.5, 0.6) is 0 Å². The molecule has 4 saturated heterocycles. The molecular weight excluding hydrogens is 532 g/mol. The Labute approximate surface area is 238 Å². The Morgan fingerprint density at radius 3 is 2.70 bits per heavy atom. The number of carbonyl (C=O) groups excluding carboxylic acids is 2. The number of aromatic amines is 1. The van der Waals surface area contributed by atoms with Crippen molar-refractivity contribution in [1.82, 2.24) is 25.4 Å². The van der Waals surface area contributed by atoms with Gasteiger partial charge in [0.1, 0.15) is 10.7 Å². The second kappa shape index (κ2) is 10.4. The van der Waals surface area contributed by atoms with Crippen LogP contribution in [0.2, 0.25) is 0 Å². The number of nitrogens with one attached hydrogen (secondary N) is 2. The first kappa shape index (κ1) is 27.6. The molecular formula is C28H40N6O5S. The number of thiazole rings is 1. The average Bonchev–Trinajstić information content (AvgIpc) is 3.70. The highest BCUT2D eigenvalue weighted by molar-refractivity contribution is 7.11. The van der Waals surface area contributed by atoms with Gasteiger partial charge in [0.25, 0.3) is 5.91 Å². The van der Waals surface area contributed by atoms with Gasteiger partial charge in [0.2, 0.25) is 5.91 Å². The lowest BCUT2D eigenvalue weighted by molar-refractivity contribution is -0.158. The summed E-state index contributed by atoms with van der Waals surface area (Å²) in [5.41, 5.74) is 0.0542. The van der Waals surface area contributed by atoms with Gasteiger partial charge in [-0.1, -0.05) is 0 Å². The van der Waals surface area contributed by atoms with Crippen LogP contribution in [-0.2, 0) is 14.3 Å². The van der Waals surface area contributed by atoms with E-state index in [-0.39, 0.29) is 17.2 Å². The molecule has 4 aliphatic heterocycles. The molecule has 40 heavy (non-hydrogen) atoms. The Morgan fingerprint density at radius 1 is 1.32 bits per heavy atom. The third-order valence-corrected chi connectivity index (χ3v) is 10.3. The molecule has 0 aromatic carbocycles. The van der Waals surface area contributed by atoms with Gasteiger partial charge in [-0.3, -0.25) is 19.7 Å². The summed E-state index contributed by atoms with van der Waals surface area (Å²) in [6.07, 6.45) is 7.58. The molecule has 3 atom stereocenters. The molecule has 6 heterocycles. The zero-order chi connectivity index (χ0) is 28.1. The molecule has 0 unspecified atom stereocenters. The molecule has 1 spiro atoms. The smallest absolute Gasteiger partial charge is 0.265 e. The molecule has 2 aromatic rings. The van der Waals surface area contributed by atoms with Crippen LogP contribution in [0.3, 0.4) is 0 Å². The van der Waals surface area contributed by atoms with Crippen molar-refractivity contribution in [2.75, 3.05) is 44.3 Å². The minimum atomic E-state index is -1.21. The Bertz CT molecular complexity index is 1170. The van der Waals surface area contributed by atoms with Crippen LogP contribution >= 0.6 is 11.3 Å². The van der Waals surface area contributed by atoms with Crippen molar-refractivity contribution in [1.29, 1.82) is 0 Å². The van der Waals surface area contributed by atoms with Gasteiger partial charge in [0.05, 0.1) is 60.9 Å². The van der Waals surface area contributed by atoms with Gasteiger partial charge in [-0.2, -0.15) is 5.10 Å². The number of hydrogen-bond donors (Lipinski definition) is 3. The number of amides is 2. The van der Waals surface area contributed by atoms with Gasteiger partial charge in [-0.05, 0) is 46.5 Å². The van der Waals surface area contributed by atoms with E-state index in [9.17, 15) is 14.7 Å². The maximum absolute atomic E-state index is 14.0. The lowest BCUT2D eigenvalue weighted by atomic mass is 9.71. The molecule has 2 aromatic heterocycles. The summed E-state index contributed by atoms with van der Waals surface area (Å²) in [6.45, 7) is 8.64. The van der Waals surface area contributed by atoms with Crippen molar-refractivity contribution >= 4 is 29.0 Å². The van der Waals surface area contributed by atoms with Gasteiger partial charge in [0.15, 0.2) is 0 Å². The number of hydrogen-bond acceptors (Lipinski definition) is 9. The normalized spacial score (nSPS) is 28.9. The Kier molecular flexibility index (Phi) is 7.17. The summed E-state index contributed by atoms with van der Waals surface area (Å²) in [5, 5.41) is 21.3. The summed E-state index contributed by atoms with van der Waals surface area (Å²) < 4.78 is 12.3. The molecule has 2 bridgehead atoms. The Hall–Kier alpha value is -2.54. The predicted molar refractivity (Wildman–Crippen MR) is 149 cm³/mol. The quantitative estimate of drug-likeness (QED) is 0.416. The summed E-state index contributed by atoms with van der Waals surface area (Å²) in [7, 11) is 0. The van der Waals surface area contributed by atoms with Gasteiger partial charge in [-0.15, -0.1) is 11.3 Å². The molecule has 11 nitrogen and oxygen atoms in total. The lowest BCUT2D eigenvalue weighted by Crippen LogP contribution is -2.65. The minimum absolute atomic E-state index is 0.0201. The topological polar surface area (TPSA) is 133 Å². The SMILES string of the molecule is C[C@@H](OCC12CCC(CC1)OC2)[C@H](NC(=O)[C@@H]1CN(C(=O)c2cncs2)CC12CN(c1ccn[nH]1)C2)C(C)(C)O. The number of rotatable bonds is 9. The fraction of sp³-hybridized carbons (Fsp3) is 0.714. The predicted octanol–water partition coefficient (Wildman–Crippen LogP) is 2.06. The standard InChI is InChI=1S/C28H40N6O5S/c1-18(38-15-27-7-4-19(5-8-27)39-16-27)23(26(2,3)37)31-24(35)20-11-33(25(36)21-10-29-17-40-21)12-28(20)13-34(14-28)22-6-9-30-32-22/h6,9-10,17-20,23,37H,4-5,7-8,11-16H2,1-3H3,(H,30,32)(H,31,35)/t18-,19?,20+,23+,27?/m1/s1. The minimum Gasteiger partial charge on any atom is -0.388 e. The van der Waals surface area contributed by atoms with Crippen LogP contribution in [0.25, 0.3) is 0 Å². The second-order valence-corrected chi connectivity index (χ2v) is 13.8. The Balaban J connectivity index is 1.16. The first-order chi connectivity index (χ1) is 19.1. The number of fused-ring (bicyclic) bond motifs is 3.